The van der Waals surface area contributed by atoms with Crippen LogP contribution in [0.2, 0.25) is 0 Å². The molecule has 0 bridgehead atoms. The van der Waals surface area contributed by atoms with Gasteiger partial charge >= 0.3 is 0 Å². The molecule has 2 rings (SSSR count). The van der Waals surface area contributed by atoms with Gasteiger partial charge in [0.25, 0.3) is 0 Å². The number of hydrazine groups is 1. The van der Waals surface area contributed by atoms with Gasteiger partial charge in [-0.15, -0.1) is 0 Å². The first kappa shape index (κ1) is 10.6. The quantitative estimate of drug-likeness (QED) is 0.517. The van der Waals surface area contributed by atoms with Crippen molar-refractivity contribution in [3.05, 3.63) is 10.8 Å². The van der Waals surface area contributed by atoms with Gasteiger partial charge in [0.2, 0.25) is 0 Å². The topological polar surface area (TPSA) is 79.1 Å². The summed E-state index contributed by atoms with van der Waals surface area (Å²) in [5, 5.41) is 3.29. The molecule has 1 fully saturated rings. The molecule has 1 aliphatic rings. The first-order valence-corrected chi connectivity index (χ1v) is 5.55. The normalized spacial score (nSPS) is 16.5. The summed E-state index contributed by atoms with van der Waals surface area (Å²) in [4.78, 5) is 10.5. The van der Waals surface area contributed by atoms with Crippen molar-refractivity contribution in [1.29, 1.82) is 0 Å². The van der Waals surface area contributed by atoms with E-state index >= 15 is 0 Å². The highest BCUT2D eigenvalue weighted by Gasteiger charge is 2.16. The van der Waals surface area contributed by atoms with Crippen LogP contribution in [0.3, 0.4) is 0 Å². The third-order valence-corrected chi connectivity index (χ3v) is 3.05. The fourth-order valence-electron chi connectivity index (χ4n) is 1.56. The number of rotatable bonds is 2. The van der Waals surface area contributed by atoms with Crippen molar-refractivity contribution in [2.45, 2.75) is 0 Å². The van der Waals surface area contributed by atoms with Crippen molar-refractivity contribution in [1.82, 2.24) is 15.3 Å². The standard InChI is InChI=1S/C8H13BrN6/c9-6-7(14-10)12-5-13-8(6)15-3-1-11-2-4-15/h5,11H,1-4,10H2,(H,12,13,14). The molecule has 0 radical (unpaired) electrons. The maximum Gasteiger partial charge on any atom is 0.159 e. The average Bonchev–Trinajstić information content (AvgIpc) is 2.30. The van der Waals surface area contributed by atoms with E-state index in [4.69, 9.17) is 5.84 Å². The Morgan fingerprint density at radius 2 is 2.13 bits per heavy atom. The van der Waals surface area contributed by atoms with Crippen molar-refractivity contribution >= 4 is 27.6 Å². The van der Waals surface area contributed by atoms with Crippen molar-refractivity contribution in [3.63, 3.8) is 0 Å². The Morgan fingerprint density at radius 3 is 2.80 bits per heavy atom. The first-order valence-electron chi connectivity index (χ1n) is 4.75. The van der Waals surface area contributed by atoms with E-state index in [0.717, 1.165) is 36.5 Å². The smallest absolute Gasteiger partial charge is 0.159 e. The molecule has 7 heteroatoms. The number of piperazine rings is 1. The summed E-state index contributed by atoms with van der Waals surface area (Å²) in [5.74, 6) is 6.85. The number of aromatic nitrogens is 2. The zero-order valence-corrected chi connectivity index (χ0v) is 9.79. The Morgan fingerprint density at radius 1 is 1.40 bits per heavy atom. The maximum atomic E-state index is 5.35. The number of nitrogen functional groups attached to an aromatic ring is 1. The van der Waals surface area contributed by atoms with Gasteiger partial charge < -0.3 is 15.6 Å². The predicted octanol–water partition coefficient (Wildman–Crippen LogP) is -0.0657. The molecule has 0 unspecified atom stereocenters. The van der Waals surface area contributed by atoms with Crippen LogP contribution in [0.1, 0.15) is 0 Å². The molecule has 4 N–H and O–H groups in total. The molecular weight excluding hydrogens is 260 g/mol. The van der Waals surface area contributed by atoms with E-state index in [1.165, 1.54) is 6.33 Å². The van der Waals surface area contributed by atoms with Gasteiger partial charge in [-0.05, 0) is 15.9 Å². The lowest BCUT2D eigenvalue weighted by Gasteiger charge is -2.29. The highest BCUT2D eigenvalue weighted by atomic mass is 79.9. The molecule has 6 nitrogen and oxygen atoms in total. The van der Waals surface area contributed by atoms with Crippen LogP contribution >= 0.6 is 15.9 Å². The predicted molar refractivity (Wildman–Crippen MR) is 62.6 cm³/mol. The molecule has 1 aliphatic heterocycles. The average molecular weight is 273 g/mol. The molecule has 0 aromatic carbocycles. The lowest BCUT2D eigenvalue weighted by molar-refractivity contribution is 0.584. The van der Waals surface area contributed by atoms with Gasteiger partial charge in [-0.1, -0.05) is 0 Å². The lowest BCUT2D eigenvalue weighted by Crippen LogP contribution is -2.44. The van der Waals surface area contributed by atoms with Crippen LogP contribution < -0.4 is 21.5 Å². The number of hydrogen-bond acceptors (Lipinski definition) is 6. The lowest BCUT2D eigenvalue weighted by atomic mass is 10.3. The second-order valence-electron chi connectivity index (χ2n) is 3.24. The SMILES string of the molecule is NNc1ncnc(N2CCNCC2)c1Br. The monoisotopic (exact) mass is 272 g/mol. The third-order valence-electron chi connectivity index (χ3n) is 2.32. The van der Waals surface area contributed by atoms with Gasteiger partial charge in [0.15, 0.2) is 5.82 Å². The van der Waals surface area contributed by atoms with E-state index in [1.807, 2.05) is 0 Å². The Kier molecular flexibility index (Phi) is 3.34. The molecule has 1 saturated heterocycles. The first-order chi connectivity index (χ1) is 7.33. The van der Waals surface area contributed by atoms with Gasteiger partial charge in [0.1, 0.15) is 16.6 Å². The Labute approximate surface area is 96.4 Å². The van der Waals surface area contributed by atoms with Crippen molar-refractivity contribution in [3.8, 4) is 0 Å². The minimum atomic E-state index is 0.610. The van der Waals surface area contributed by atoms with Gasteiger partial charge in [-0.3, -0.25) is 0 Å². The minimum absolute atomic E-state index is 0.610. The van der Waals surface area contributed by atoms with E-state index in [1.54, 1.807) is 0 Å². The van der Waals surface area contributed by atoms with Crippen LogP contribution in [0.25, 0.3) is 0 Å². The van der Waals surface area contributed by atoms with Gasteiger partial charge in [-0.25, -0.2) is 15.8 Å². The summed E-state index contributed by atoms with van der Waals surface area (Å²) in [6, 6.07) is 0. The summed E-state index contributed by atoms with van der Waals surface area (Å²) >= 11 is 3.45. The zero-order valence-electron chi connectivity index (χ0n) is 8.20. The van der Waals surface area contributed by atoms with Crippen molar-refractivity contribution < 1.29 is 0 Å². The second kappa shape index (κ2) is 4.73. The summed E-state index contributed by atoms with van der Waals surface area (Å²) in [6.07, 6.45) is 1.51. The van der Waals surface area contributed by atoms with E-state index in [9.17, 15) is 0 Å². The molecule has 0 spiro atoms. The minimum Gasteiger partial charge on any atom is -0.353 e. The van der Waals surface area contributed by atoms with Crippen LogP contribution in [0, 0.1) is 0 Å². The Balaban J connectivity index is 2.26. The molecule has 0 aliphatic carbocycles. The molecule has 1 aromatic rings. The number of hydrogen-bond donors (Lipinski definition) is 3. The number of nitrogens with two attached hydrogens (primary N) is 1. The van der Waals surface area contributed by atoms with Crippen LogP contribution in [0.5, 0.6) is 0 Å². The number of nitrogens with one attached hydrogen (secondary N) is 2. The number of anilines is 2. The summed E-state index contributed by atoms with van der Waals surface area (Å²) < 4.78 is 0.814. The maximum absolute atomic E-state index is 5.35. The largest absolute Gasteiger partial charge is 0.353 e. The van der Waals surface area contributed by atoms with Crippen molar-refractivity contribution in [2.75, 3.05) is 36.5 Å². The van der Waals surface area contributed by atoms with Crippen LogP contribution in [0.15, 0.2) is 10.8 Å². The van der Waals surface area contributed by atoms with Crippen LogP contribution in [-0.4, -0.2) is 36.1 Å². The van der Waals surface area contributed by atoms with Crippen LogP contribution in [0.4, 0.5) is 11.6 Å². The molecule has 0 atom stereocenters. The van der Waals surface area contributed by atoms with E-state index in [0.29, 0.717) is 5.82 Å². The fourth-order valence-corrected chi connectivity index (χ4v) is 2.13. The number of nitrogens with zero attached hydrogens (tertiary/aromatic N) is 3. The highest BCUT2D eigenvalue weighted by Crippen LogP contribution is 2.28. The second-order valence-corrected chi connectivity index (χ2v) is 4.03. The summed E-state index contributed by atoms with van der Waals surface area (Å²) in [6.45, 7) is 3.84. The zero-order chi connectivity index (χ0) is 10.7. The summed E-state index contributed by atoms with van der Waals surface area (Å²) in [7, 11) is 0. The number of halogens is 1. The van der Waals surface area contributed by atoms with Crippen molar-refractivity contribution in [2.24, 2.45) is 5.84 Å². The van der Waals surface area contributed by atoms with E-state index in [2.05, 4.69) is 41.5 Å². The van der Waals surface area contributed by atoms with Gasteiger partial charge in [0.05, 0.1) is 0 Å². The molecule has 0 saturated carbocycles. The molecule has 1 aromatic heterocycles. The Bertz CT molecular complexity index is 338. The molecule has 2 heterocycles. The van der Waals surface area contributed by atoms with E-state index in [-0.39, 0.29) is 0 Å². The van der Waals surface area contributed by atoms with E-state index < -0.39 is 0 Å². The molecule has 82 valence electrons. The molecule has 0 amide bonds. The molecule has 15 heavy (non-hydrogen) atoms. The fraction of sp³-hybridized carbons (Fsp3) is 0.500. The highest BCUT2D eigenvalue weighted by molar-refractivity contribution is 9.10. The van der Waals surface area contributed by atoms with Gasteiger partial charge in [0, 0.05) is 26.2 Å². The molecular formula is C8H13BrN6. The third kappa shape index (κ3) is 2.19. The Hall–Kier alpha value is -0.920. The summed E-state index contributed by atoms with van der Waals surface area (Å²) in [5.41, 5.74) is 2.53. The van der Waals surface area contributed by atoms with Gasteiger partial charge in [-0.2, -0.15) is 0 Å². The van der Waals surface area contributed by atoms with Crippen LogP contribution in [-0.2, 0) is 0 Å².